The van der Waals surface area contributed by atoms with Crippen molar-refractivity contribution in [1.29, 1.82) is 0 Å². The molecular weight excluding hydrogens is 617 g/mol. The monoisotopic (exact) mass is 658 g/mol. The molecule has 0 bridgehead atoms. The molecule has 47 heavy (non-hydrogen) atoms. The maximum absolute atomic E-state index is 4.98. The van der Waals surface area contributed by atoms with Gasteiger partial charge in [-0.15, -0.1) is 0 Å². The molecule has 0 aliphatic heterocycles. The summed E-state index contributed by atoms with van der Waals surface area (Å²) in [6.07, 6.45) is 3.91. The normalized spacial score (nSPS) is 12.2. The third-order valence-corrected chi connectivity index (χ3v) is 16.6. The molecule has 232 valence electrons. The molecule has 0 atom stereocenters. The molecule has 0 aliphatic rings. The number of pyridine rings is 2. The fourth-order valence-electron chi connectivity index (χ4n) is 6.68. The van der Waals surface area contributed by atoms with E-state index in [1.807, 2.05) is 12.4 Å². The van der Waals surface area contributed by atoms with Gasteiger partial charge in [-0.2, -0.15) is 0 Å². The van der Waals surface area contributed by atoms with E-state index in [-0.39, 0.29) is 0 Å². The first-order chi connectivity index (χ1) is 22.6. The Morgan fingerprint density at radius 2 is 0.872 bits per heavy atom. The van der Waals surface area contributed by atoms with Crippen LogP contribution in [0.3, 0.4) is 0 Å². The zero-order valence-corrected chi connectivity index (χ0v) is 31.4. The summed E-state index contributed by atoms with van der Waals surface area (Å²) < 4.78 is 0. The zero-order chi connectivity index (χ0) is 32.8. The van der Waals surface area contributed by atoms with E-state index in [0.29, 0.717) is 0 Å². The molecule has 0 aliphatic carbocycles. The van der Waals surface area contributed by atoms with E-state index in [1.54, 1.807) is 0 Å². The van der Waals surface area contributed by atoms with Crippen LogP contribution in [-0.4, -0.2) is 34.9 Å². The van der Waals surface area contributed by atoms with Gasteiger partial charge in [-0.1, -0.05) is 180 Å². The summed E-state index contributed by atoms with van der Waals surface area (Å²) in [6, 6.07) is 47.7. The average Bonchev–Trinajstić information content (AvgIpc) is 3.07. The Balaban J connectivity index is 1.37. The van der Waals surface area contributed by atoms with Gasteiger partial charge in [0.25, 0.3) is 0 Å². The Morgan fingerprint density at radius 3 is 1.32 bits per heavy atom. The minimum atomic E-state index is -1.85. The molecule has 0 saturated heterocycles. The molecule has 2 aromatic heterocycles. The van der Waals surface area contributed by atoms with E-state index in [0.717, 1.165) is 11.4 Å². The standard InChI is InChI=1S/C42H42N2Si3/c1-46(2,3)37-20-18-30-22-24-43-41(39(30)28-37)32-12-10-16-35(26-32)45(34-14-8-7-9-15-34)36-17-11-13-33(27-36)42-40-29-38(47(4,5)6)21-19-31(40)23-25-44-42/h7-29,45H,1-6H3. The van der Waals surface area contributed by atoms with E-state index < -0.39 is 24.9 Å². The van der Waals surface area contributed by atoms with Crippen molar-refractivity contribution in [1.82, 2.24) is 9.97 Å². The fraction of sp³-hybridized carbons (Fsp3) is 0.143. The van der Waals surface area contributed by atoms with Gasteiger partial charge < -0.3 is 0 Å². The van der Waals surface area contributed by atoms with Crippen LogP contribution in [0.4, 0.5) is 0 Å². The average molecular weight is 659 g/mol. The molecule has 7 rings (SSSR count). The Hall–Kier alpha value is -4.43. The molecule has 0 unspecified atom stereocenters. The summed E-state index contributed by atoms with van der Waals surface area (Å²) in [6.45, 7) is 14.5. The highest BCUT2D eigenvalue weighted by Crippen LogP contribution is 2.28. The number of nitrogens with zero attached hydrogens (tertiary/aromatic N) is 2. The van der Waals surface area contributed by atoms with E-state index >= 15 is 0 Å². The molecule has 5 heteroatoms. The second kappa shape index (κ2) is 12.3. The highest BCUT2D eigenvalue weighted by atomic mass is 28.3. The predicted molar refractivity (Wildman–Crippen MR) is 213 cm³/mol. The van der Waals surface area contributed by atoms with Gasteiger partial charge in [-0.05, 0) is 22.9 Å². The van der Waals surface area contributed by atoms with E-state index in [2.05, 4.69) is 167 Å². The van der Waals surface area contributed by atoms with Crippen LogP contribution in [0.15, 0.2) is 140 Å². The van der Waals surface area contributed by atoms with Crippen molar-refractivity contribution in [2.24, 2.45) is 0 Å². The summed E-state index contributed by atoms with van der Waals surface area (Å²) in [5.41, 5.74) is 4.49. The topological polar surface area (TPSA) is 25.8 Å². The lowest BCUT2D eigenvalue weighted by Gasteiger charge is -2.20. The molecule has 0 fully saturated rings. The van der Waals surface area contributed by atoms with Gasteiger partial charge >= 0.3 is 0 Å². The number of hydrogen-bond acceptors (Lipinski definition) is 2. The first-order valence-corrected chi connectivity index (χ1v) is 25.3. The largest absolute Gasteiger partial charge is 0.256 e. The number of aromatic nitrogens is 2. The van der Waals surface area contributed by atoms with Gasteiger partial charge in [0, 0.05) is 34.3 Å². The first-order valence-electron chi connectivity index (χ1n) is 16.6. The van der Waals surface area contributed by atoms with Crippen molar-refractivity contribution in [3.8, 4) is 22.5 Å². The molecule has 0 N–H and O–H groups in total. The van der Waals surface area contributed by atoms with Gasteiger partial charge in [-0.25, -0.2) is 0 Å². The smallest absolute Gasteiger partial charge is 0.133 e. The van der Waals surface area contributed by atoms with Crippen LogP contribution in [0.1, 0.15) is 0 Å². The third kappa shape index (κ3) is 6.31. The molecule has 2 nitrogen and oxygen atoms in total. The molecular formula is C42H42N2Si3. The van der Waals surface area contributed by atoms with Gasteiger partial charge in [0.2, 0.25) is 0 Å². The molecule has 0 saturated carbocycles. The predicted octanol–water partition coefficient (Wildman–Crippen LogP) is 7.46. The van der Waals surface area contributed by atoms with Gasteiger partial charge in [0.1, 0.15) is 8.80 Å². The van der Waals surface area contributed by atoms with E-state index in [1.165, 1.54) is 58.6 Å². The number of benzene rings is 5. The summed E-state index contributed by atoms with van der Waals surface area (Å²) >= 11 is 0. The lowest BCUT2D eigenvalue weighted by Crippen LogP contribution is -2.52. The lowest BCUT2D eigenvalue weighted by molar-refractivity contribution is 1.36. The van der Waals surface area contributed by atoms with Crippen molar-refractivity contribution in [2.75, 3.05) is 0 Å². The minimum absolute atomic E-state index is 1.07. The summed E-state index contributed by atoms with van der Waals surface area (Å²) in [5, 5.41) is 12.1. The summed E-state index contributed by atoms with van der Waals surface area (Å²) in [7, 11) is -4.81. The summed E-state index contributed by atoms with van der Waals surface area (Å²) in [5.74, 6) is 0. The van der Waals surface area contributed by atoms with Crippen LogP contribution in [0, 0.1) is 0 Å². The molecule has 0 amide bonds. The van der Waals surface area contributed by atoms with Gasteiger partial charge in [-0.3, -0.25) is 9.97 Å². The highest BCUT2D eigenvalue weighted by Gasteiger charge is 2.23. The Labute approximate surface area is 282 Å². The molecule has 5 aromatic carbocycles. The van der Waals surface area contributed by atoms with Crippen molar-refractivity contribution in [3.63, 3.8) is 0 Å². The first kappa shape index (κ1) is 31.2. The number of fused-ring (bicyclic) bond motifs is 2. The van der Waals surface area contributed by atoms with Crippen molar-refractivity contribution >= 4 is 72.4 Å². The van der Waals surface area contributed by atoms with Crippen LogP contribution >= 0.6 is 0 Å². The third-order valence-electron chi connectivity index (χ3n) is 9.38. The Kier molecular flexibility index (Phi) is 8.16. The Bertz CT molecular complexity index is 2090. The second-order valence-electron chi connectivity index (χ2n) is 14.8. The SMILES string of the molecule is C[Si](C)(C)c1ccc2ccnc(-c3cccc([SiH](c4ccccc4)c4cccc(-c5nccc6ccc([Si](C)(C)C)cc56)c4)c3)c2c1. The number of hydrogen-bond donors (Lipinski definition) is 0. The second-order valence-corrected chi connectivity index (χ2v) is 27.8. The van der Waals surface area contributed by atoms with E-state index in [9.17, 15) is 0 Å². The molecule has 0 spiro atoms. The summed E-state index contributed by atoms with van der Waals surface area (Å²) in [4.78, 5) is 9.96. The quantitative estimate of drug-likeness (QED) is 0.131. The van der Waals surface area contributed by atoms with Crippen LogP contribution < -0.4 is 25.9 Å². The Morgan fingerprint density at radius 1 is 0.426 bits per heavy atom. The van der Waals surface area contributed by atoms with Crippen LogP contribution in [0.5, 0.6) is 0 Å². The van der Waals surface area contributed by atoms with Gasteiger partial charge in [0.15, 0.2) is 0 Å². The molecule has 2 heterocycles. The van der Waals surface area contributed by atoms with Gasteiger partial charge in [0.05, 0.1) is 27.5 Å². The maximum Gasteiger partial charge on any atom is 0.133 e. The van der Waals surface area contributed by atoms with Crippen molar-refractivity contribution in [2.45, 2.75) is 39.3 Å². The molecule has 0 radical (unpaired) electrons. The van der Waals surface area contributed by atoms with Crippen molar-refractivity contribution in [3.05, 3.63) is 140 Å². The van der Waals surface area contributed by atoms with E-state index in [4.69, 9.17) is 9.97 Å². The minimum Gasteiger partial charge on any atom is -0.256 e. The van der Waals surface area contributed by atoms with Crippen LogP contribution in [0.25, 0.3) is 44.1 Å². The van der Waals surface area contributed by atoms with Crippen LogP contribution in [-0.2, 0) is 0 Å². The van der Waals surface area contributed by atoms with Crippen LogP contribution in [0.2, 0.25) is 39.3 Å². The highest BCUT2D eigenvalue weighted by molar-refractivity contribution is 6.95. The molecule has 7 aromatic rings. The zero-order valence-electron chi connectivity index (χ0n) is 28.3. The van der Waals surface area contributed by atoms with Crippen molar-refractivity contribution < 1.29 is 0 Å². The number of rotatable bonds is 7. The lowest BCUT2D eigenvalue weighted by atomic mass is 10.0. The maximum atomic E-state index is 4.98. The fourth-order valence-corrected chi connectivity index (χ4v) is 12.1.